The second-order valence-corrected chi connectivity index (χ2v) is 6.68. The monoisotopic (exact) mass is 461 g/mol. The van der Waals surface area contributed by atoms with E-state index in [4.69, 9.17) is 25.4 Å². The summed E-state index contributed by atoms with van der Waals surface area (Å²) in [7, 11) is 0. The third kappa shape index (κ3) is 10.4. The van der Waals surface area contributed by atoms with Gasteiger partial charge in [-0.3, -0.25) is 4.79 Å². The molecule has 12 N–H and O–H groups in total. The van der Waals surface area contributed by atoms with Crippen molar-refractivity contribution in [2.75, 3.05) is 46.0 Å². The molecule has 5 unspecified atom stereocenters. The summed E-state index contributed by atoms with van der Waals surface area (Å²) in [4.78, 5) is 12.0. The molecule has 8 atom stereocenters. The number of nitrogens with two attached hydrogens (primary N) is 1. The first-order valence-electron chi connectivity index (χ1n) is 9.91. The van der Waals surface area contributed by atoms with Crippen LogP contribution in [0.4, 0.5) is 0 Å². The SMILES string of the molecule is CCO.NCCNCCNC(=O)C(O)C(O)C(O[C@@H]1OC[C@H](O)[C@H](O)C1O)C(O)CO.[HH]. The van der Waals surface area contributed by atoms with Crippen molar-refractivity contribution in [3.05, 3.63) is 0 Å². The number of nitrogens with one attached hydrogen (secondary N) is 2. The number of hydrogen-bond donors (Lipinski definition) is 11. The molecule has 1 amide bonds. The Balaban J connectivity index is 0. The molecule has 1 rings (SSSR count). The van der Waals surface area contributed by atoms with Crippen molar-refractivity contribution in [1.82, 2.24) is 10.6 Å². The molecule has 31 heavy (non-hydrogen) atoms. The molecule has 1 heterocycles. The molecule has 0 aromatic heterocycles. The fraction of sp³-hybridized carbons (Fsp3) is 0.941. The van der Waals surface area contributed by atoms with Crippen molar-refractivity contribution < 1.29 is 56.5 Å². The van der Waals surface area contributed by atoms with Crippen LogP contribution >= 0.6 is 0 Å². The molecule has 0 bridgehead atoms. The maximum atomic E-state index is 12.0. The number of carbonyl (C=O) groups is 1. The smallest absolute Gasteiger partial charge is 0.251 e. The minimum Gasteiger partial charge on any atom is -0.397 e. The standard InChI is InChI=1S/C15H31N3O10.C2H6O.H2/c16-1-2-17-3-4-18-14(26)11(24)10(23)13(7(20)5-19)28-15-12(25)9(22)8(21)6-27-15;1-2-3;/h7-13,15,17,19-25H,1-6,16H2,(H,18,26);3H,2H2,1H3;1H/t7?,8-,9-,10?,11?,12?,13?,15-;;/m0../s1. The predicted molar refractivity (Wildman–Crippen MR) is 108 cm³/mol. The highest BCUT2D eigenvalue weighted by Crippen LogP contribution is 2.21. The van der Waals surface area contributed by atoms with E-state index in [1.54, 1.807) is 6.92 Å². The fourth-order valence-electron chi connectivity index (χ4n) is 2.50. The van der Waals surface area contributed by atoms with Crippen LogP contribution in [0.2, 0.25) is 0 Å². The van der Waals surface area contributed by atoms with Crippen LogP contribution in [0.15, 0.2) is 0 Å². The van der Waals surface area contributed by atoms with Gasteiger partial charge in [-0.25, -0.2) is 0 Å². The summed E-state index contributed by atoms with van der Waals surface area (Å²) in [5.74, 6) is -0.957. The minimum atomic E-state index is -2.03. The average Bonchev–Trinajstić information content (AvgIpc) is 2.75. The van der Waals surface area contributed by atoms with Gasteiger partial charge in [-0.05, 0) is 6.92 Å². The van der Waals surface area contributed by atoms with Crippen LogP contribution in [0.1, 0.15) is 8.35 Å². The van der Waals surface area contributed by atoms with E-state index in [-0.39, 0.29) is 14.6 Å². The van der Waals surface area contributed by atoms with E-state index in [0.29, 0.717) is 19.6 Å². The molecule has 0 saturated carbocycles. The molecule has 188 valence electrons. The lowest BCUT2D eigenvalue weighted by Gasteiger charge is -2.39. The predicted octanol–water partition coefficient (Wildman–Crippen LogP) is -6.21. The molecular formula is C17H39N3O11. The molecule has 1 aliphatic rings. The third-order valence-electron chi connectivity index (χ3n) is 4.16. The highest BCUT2D eigenvalue weighted by molar-refractivity contribution is 5.81. The Morgan fingerprint density at radius 2 is 1.77 bits per heavy atom. The van der Waals surface area contributed by atoms with E-state index in [1.807, 2.05) is 0 Å². The maximum absolute atomic E-state index is 12.0. The molecule has 0 aliphatic carbocycles. The number of aliphatic hydroxyl groups excluding tert-OH is 8. The van der Waals surface area contributed by atoms with E-state index < -0.39 is 68.1 Å². The summed E-state index contributed by atoms with van der Waals surface area (Å²) in [6.07, 6.45) is -13.8. The van der Waals surface area contributed by atoms with Crippen molar-refractivity contribution in [2.24, 2.45) is 5.73 Å². The van der Waals surface area contributed by atoms with Gasteiger partial charge in [0.05, 0.1) is 13.2 Å². The maximum Gasteiger partial charge on any atom is 0.251 e. The van der Waals surface area contributed by atoms with E-state index >= 15 is 0 Å². The summed E-state index contributed by atoms with van der Waals surface area (Å²) in [6.45, 7) is 2.07. The van der Waals surface area contributed by atoms with Gasteiger partial charge in [-0.2, -0.15) is 0 Å². The second-order valence-electron chi connectivity index (χ2n) is 6.68. The van der Waals surface area contributed by atoms with Crippen LogP contribution < -0.4 is 16.4 Å². The van der Waals surface area contributed by atoms with Gasteiger partial charge >= 0.3 is 0 Å². The van der Waals surface area contributed by atoms with Gasteiger partial charge in [-0.15, -0.1) is 0 Å². The topological polar surface area (TPSA) is 247 Å². The summed E-state index contributed by atoms with van der Waals surface area (Å²) in [5.41, 5.74) is 5.30. The normalized spacial score (nSPS) is 27.4. The summed E-state index contributed by atoms with van der Waals surface area (Å²) in [6, 6.07) is 0. The number of hydrogen-bond acceptors (Lipinski definition) is 13. The molecule has 1 saturated heterocycles. The van der Waals surface area contributed by atoms with Crippen molar-refractivity contribution in [1.29, 1.82) is 0 Å². The van der Waals surface area contributed by atoms with Crippen LogP contribution in [-0.2, 0) is 14.3 Å². The van der Waals surface area contributed by atoms with Crippen LogP contribution in [0, 0.1) is 0 Å². The zero-order valence-corrected chi connectivity index (χ0v) is 17.4. The Bertz CT molecular complexity index is 483. The molecule has 1 aliphatic heterocycles. The van der Waals surface area contributed by atoms with Gasteiger partial charge < -0.3 is 66.7 Å². The van der Waals surface area contributed by atoms with Gasteiger partial charge in [0, 0.05) is 34.2 Å². The van der Waals surface area contributed by atoms with Crippen LogP contribution in [0.5, 0.6) is 0 Å². The Morgan fingerprint density at radius 1 is 1.16 bits per heavy atom. The van der Waals surface area contributed by atoms with Crippen molar-refractivity contribution in [3.63, 3.8) is 0 Å². The van der Waals surface area contributed by atoms with Gasteiger partial charge in [0.2, 0.25) is 0 Å². The fourth-order valence-corrected chi connectivity index (χ4v) is 2.50. The lowest BCUT2D eigenvalue weighted by atomic mass is 10.0. The number of carbonyl (C=O) groups excluding carboxylic acids is 1. The molecule has 0 aromatic carbocycles. The molecule has 14 nitrogen and oxygen atoms in total. The first-order valence-corrected chi connectivity index (χ1v) is 9.91. The Morgan fingerprint density at radius 3 is 2.32 bits per heavy atom. The Hall–Kier alpha value is -1.01. The first-order chi connectivity index (χ1) is 14.7. The number of ether oxygens (including phenoxy) is 2. The summed E-state index contributed by atoms with van der Waals surface area (Å²) < 4.78 is 10.2. The minimum absolute atomic E-state index is 0. The largest absolute Gasteiger partial charge is 0.397 e. The molecule has 1 fully saturated rings. The third-order valence-corrected chi connectivity index (χ3v) is 4.16. The zero-order valence-electron chi connectivity index (χ0n) is 17.4. The van der Waals surface area contributed by atoms with Crippen molar-refractivity contribution in [2.45, 2.75) is 55.9 Å². The number of aliphatic hydroxyl groups is 8. The van der Waals surface area contributed by atoms with E-state index in [2.05, 4.69) is 10.6 Å². The molecular weight excluding hydrogens is 422 g/mol. The van der Waals surface area contributed by atoms with E-state index in [0.717, 1.165) is 0 Å². The summed E-state index contributed by atoms with van der Waals surface area (Å²) >= 11 is 0. The van der Waals surface area contributed by atoms with E-state index in [9.17, 15) is 35.4 Å². The molecule has 0 radical (unpaired) electrons. The lowest BCUT2D eigenvalue weighted by molar-refractivity contribution is -0.302. The van der Waals surface area contributed by atoms with Crippen LogP contribution in [0.3, 0.4) is 0 Å². The summed E-state index contributed by atoms with van der Waals surface area (Å²) in [5, 5.41) is 81.1. The number of amides is 1. The van der Waals surface area contributed by atoms with E-state index in [1.165, 1.54) is 0 Å². The highest BCUT2D eigenvalue weighted by atomic mass is 16.7. The zero-order chi connectivity index (χ0) is 24.0. The molecule has 0 spiro atoms. The van der Waals surface area contributed by atoms with Crippen LogP contribution in [0.25, 0.3) is 0 Å². The van der Waals surface area contributed by atoms with Crippen LogP contribution in [-0.4, -0.2) is 142 Å². The van der Waals surface area contributed by atoms with Gasteiger partial charge in [0.25, 0.3) is 5.91 Å². The van der Waals surface area contributed by atoms with Crippen molar-refractivity contribution >= 4 is 5.91 Å². The highest BCUT2D eigenvalue weighted by Gasteiger charge is 2.43. The first kappa shape index (κ1) is 30.0. The molecule has 0 aromatic rings. The second kappa shape index (κ2) is 16.6. The average molecular weight is 462 g/mol. The Kier molecular flexibility index (Phi) is 16.1. The van der Waals surface area contributed by atoms with Gasteiger partial charge in [-0.1, -0.05) is 0 Å². The quantitative estimate of drug-likeness (QED) is 0.121. The van der Waals surface area contributed by atoms with Gasteiger partial charge in [0.15, 0.2) is 12.4 Å². The lowest BCUT2D eigenvalue weighted by Crippen LogP contribution is -2.59. The Labute approximate surface area is 181 Å². The van der Waals surface area contributed by atoms with Crippen molar-refractivity contribution in [3.8, 4) is 0 Å². The van der Waals surface area contributed by atoms with Gasteiger partial charge in [0.1, 0.15) is 36.6 Å². The number of rotatable bonds is 12. The molecule has 14 heteroatoms.